The number of aromatic nitrogens is 5. The highest BCUT2D eigenvalue weighted by Crippen LogP contribution is 2.50. The Bertz CT molecular complexity index is 5640. The molecule has 11 aromatic carbocycles. The molecule has 0 atom stereocenters. The summed E-state index contributed by atoms with van der Waals surface area (Å²) in [5.41, 5.74) is 11.5. The Morgan fingerprint density at radius 1 is 0.476 bits per heavy atom. The number of rotatable bonds is 7. The number of benzene rings is 11. The number of nitrogens with zero attached hydrogens (tertiary/aromatic N) is 5. The lowest BCUT2D eigenvalue weighted by Gasteiger charge is -2.24. The Morgan fingerprint density at radius 2 is 1.07 bits per heavy atom. The van der Waals surface area contributed by atoms with Gasteiger partial charge in [0.2, 0.25) is 0 Å². The van der Waals surface area contributed by atoms with Crippen molar-refractivity contribution in [2.75, 3.05) is 0 Å². The third-order valence-electron chi connectivity index (χ3n) is 16.6. The van der Waals surface area contributed by atoms with Crippen molar-refractivity contribution >= 4 is 54.6 Å². The second-order valence-electron chi connectivity index (χ2n) is 22.5. The SMILES string of the molecule is [2H]c1c([2H])c([2H])c(-c2cccc3c2-c2cc(-c4c(C([2H])([2H])[2H])cccc4C([2H])([2H])[2H])cc(-n4c5ccccc5c5ccccc54)c2-[n+]2[c-]n(-c4cccc(Oc5ccc6c7ccccc7n(-c7cc(C(C)(C)C)ccn7)c6c5)c4)c4cccc(c42)-c2ccccc2-3)c([2H])c1[2H]. The van der Waals surface area contributed by atoms with Crippen molar-refractivity contribution in [3.8, 4) is 90.0 Å². The van der Waals surface area contributed by atoms with E-state index in [2.05, 4.69) is 78.7 Å². The minimum atomic E-state index is -2.81. The van der Waals surface area contributed by atoms with Crippen molar-refractivity contribution in [3.63, 3.8) is 0 Å². The lowest BCUT2D eigenvalue weighted by Crippen LogP contribution is -2.33. The molecule has 1 aliphatic heterocycles. The van der Waals surface area contributed by atoms with Crippen LogP contribution in [0.5, 0.6) is 11.5 Å². The molecule has 400 valence electrons. The van der Waals surface area contributed by atoms with Crippen LogP contribution in [0.3, 0.4) is 0 Å². The van der Waals surface area contributed by atoms with Crippen LogP contribution < -0.4 is 9.30 Å². The van der Waals surface area contributed by atoms with E-state index in [0.29, 0.717) is 50.8 Å². The van der Waals surface area contributed by atoms with Gasteiger partial charge in [0, 0.05) is 42.0 Å². The van der Waals surface area contributed by atoms with E-state index in [9.17, 15) is 2.74 Å². The van der Waals surface area contributed by atoms with Gasteiger partial charge in [0.1, 0.15) is 17.3 Å². The second-order valence-corrected chi connectivity index (χ2v) is 22.5. The van der Waals surface area contributed by atoms with E-state index in [-0.39, 0.29) is 38.8 Å². The fraction of sp³-hybridized carbons (Fsp3) is 0.0769. The molecule has 16 rings (SSSR count). The van der Waals surface area contributed by atoms with Crippen molar-refractivity contribution in [1.82, 2.24) is 18.7 Å². The molecule has 0 aliphatic carbocycles. The molecule has 0 saturated heterocycles. The topological polar surface area (TPSA) is 40.8 Å². The van der Waals surface area contributed by atoms with Crippen LogP contribution in [0.2, 0.25) is 0 Å². The zero-order chi connectivity index (χ0) is 65.7. The van der Waals surface area contributed by atoms with Crippen LogP contribution in [0, 0.1) is 20.0 Å². The summed E-state index contributed by atoms with van der Waals surface area (Å²) in [5.74, 6) is 1.92. The first-order valence-electron chi connectivity index (χ1n) is 33.5. The standard InChI is InChI=1S/C78H57N5O/c1-49-21-17-22-50(2)74(49)52-43-66-75-57(51-23-7-6-8-24-51)32-19-33-64(75)58-27-9-10-28-59(58)65-34-20-38-70-76(65)81(77(66)72(44-52)82-67-35-14-11-29-60(67)61-30-12-15-36-68(61)82)48-80(70)54-25-18-26-55(46-54)84-56-39-40-63-62-31-13-16-37-69(62)83(71(63)47-56)73-45-53(41-42-79-73)78(3,4)5/h6-47H,1-5H3/i1D3,2D3,6D,7D,8D,23D,24D. The van der Waals surface area contributed by atoms with E-state index < -0.39 is 43.9 Å². The highest BCUT2D eigenvalue weighted by atomic mass is 16.5. The van der Waals surface area contributed by atoms with E-state index in [4.69, 9.17) is 22.1 Å². The molecule has 0 N–H and O–H groups in total. The van der Waals surface area contributed by atoms with Crippen LogP contribution >= 0.6 is 0 Å². The van der Waals surface area contributed by atoms with E-state index in [1.807, 2.05) is 167 Å². The first-order valence-corrected chi connectivity index (χ1v) is 28.0. The van der Waals surface area contributed by atoms with Gasteiger partial charge in [0.25, 0.3) is 6.33 Å². The summed E-state index contributed by atoms with van der Waals surface area (Å²) < 4.78 is 116. The summed E-state index contributed by atoms with van der Waals surface area (Å²) in [5, 5.41) is 3.94. The fourth-order valence-electron chi connectivity index (χ4n) is 12.8. The zero-order valence-corrected chi connectivity index (χ0v) is 46.0. The summed E-state index contributed by atoms with van der Waals surface area (Å²) in [6.45, 7) is 0.952. The fourth-order valence-corrected chi connectivity index (χ4v) is 12.8. The van der Waals surface area contributed by atoms with Crippen LogP contribution in [0.4, 0.5) is 0 Å². The van der Waals surface area contributed by atoms with Crippen molar-refractivity contribution in [3.05, 3.63) is 278 Å². The molecule has 1 aliphatic rings. The molecule has 6 heteroatoms. The second kappa shape index (κ2) is 19.0. The molecule has 0 amide bonds. The van der Waals surface area contributed by atoms with E-state index in [1.165, 1.54) is 18.2 Å². The third kappa shape index (κ3) is 7.71. The third-order valence-corrected chi connectivity index (χ3v) is 16.6. The van der Waals surface area contributed by atoms with Gasteiger partial charge < -0.3 is 9.30 Å². The number of para-hydroxylation sites is 4. The van der Waals surface area contributed by atoms with Gasteiger partial charge in [0.15, 0.2) is 0 Å². The largest absolute Gasteiger partial charge is 0.458 e. The number of ether oxygens (including phenoxy) is 1. The monoisotopic (exact) mass is 1090 g/mol. The molecule has 0 bridgehead atoms. The molecule has 0 saturated carbocycles. The van der Waals surface area contributed by atoms with Gasteiger partial charge in [-0.25, -0.2) is 4.98 Å². The minimum Gasteiger partial charge on any atom is -0.458 e. The van der Waals surface area contributed by atoms with Gasteiger partial charge in [-0.3, -0.25) is 13.7 Å². The normalized spacial score (nSPS) is 14.3. The van der Waals surface area contributed by atoms with Gasteiger partial charge >= 0.3 is 0 Å². The number of aryl methyl sites for hydroxylation is 2. The first-order chi connectivity index (χ1) is 45.6. The van der Waals surface area contributed by atoms with Gasteiger partial charge in [-0.05, 0) is 164 Å². The van der Waals surface area contributed by atoms with Gasteiger partial charge in [-0.1, -0.05) is 191 Å². The van der Waals surface area contributed by atoms with Crippen molar-refractivity contribution in [2.45, 2.75) is 39.9 Å². The van der Waals surface area contributed by atoms with Crippen molar-refractivity contribution < 1.29 is 24.4 Å². The van der Waals surface area contributed by atoms with Crippen molar-refractivity contribution in [1.29, 1.82) is 0 Å². The molecule has 84 heavy (non-hydrogen) atoms. The van der Waals surface area contributed by atoms with E-state index >= 15 is 0 Å². The highest BCUT2D eigenvalue weighted by molar-refractivity contribution is 6.12. The van der Waals surface area contributed by atoms with Crippen molar-refractivity contribution in [2.24, 2.45) is 0 Å². The molecule has 6 nitrogen and oxygen atoms in total. The molecule has 0 radical (unpaired) electrons. The Hall–Kier alpha value is -10.6. The smallest absolute Gasteiger partial charge is 0.269 e. The Balaban J connectivity index is 1.02. The number of fused-ring (bicyclic) bond motifs is 13. The molecular weight excluding hydrogens is 1020 g/mol. The average Bonchev–Trinajstić information content (AvgIpc) is 1.61. The lowest BCUT2D eigenvalue weighted by molar-refractivity contribution is -0.571. The molecule has 5 heterocycles. The molecule has 15 aromatic rings. The molecule has 0 fully saturated rings. The maximum absolute atomic E-state index is 9.65. The lowest BCUT2D eigenvalue weighted by atomic mass is 9.83. The quantitative estimate of drug-likeness (QED) is 0.118. The predicted octanol–water partition coefficient (Wildman–Crippen LogP) is 19.7. The molecule has 4 aromatic heterocycles. The Labute approximate surface area is 503 Å². The number of hydrogen-bond acceptors (Lipinski definition) is 2. The van der Waals surface area contributed by atoms with Gasteiger partial charge in [-0.15, -0.1) is 0 Å². The predicted molar refractivity (Wildman–Crippen MR) is 346 cm³/mol. The van der Waals surface area contributed by atoms with Gasteiger partial charge in [-0.2, -0.15) is 0 Å². The zero-order valence-electron chi connectivity index (χ0n) is 57.0. The Morgan fingerprint density at radius 3 is 1.80 bits per heavy atom. The van der Waals surface area contributed by atoms with Crippen LogP contribution in [-0.4, -0.2) is 18.7 Å². The number of pyridine rings is 1. The molecule has 0 unspecified atom stereocenters. The summed E-state index contributed by atoms with van der Waals surface area (Å²) in [7, 11) is 0. The maximum atomic E-state index is 9.65. The van der Waals surface area contributed by atoms with Crippen LogP contribution in [0.15, 0.2) is 255 Å². The first kappa shape index (κ1) is 39.0. The van der Waals surface area contributed by atoms with E-state index in [0.717, 1.165) is 77.2 Å². The average molecular weight is 1090 g/mol. The number of hydrogen-bond donors (Lipinski definition) is 0. The molecule has 0 spiro atoms. The minimum absolute atomic E-state index is 0.0136. The summed E-state index contributed by atoms with van der Waals surface area (Å²) in [4.78, 5) is 4.91. The highest BCUT2D eigenvalue weighted by Gasteiger charge is 2.31. The van der Waals surface area contributed by atoms with Crippen LogP contribution in [0.25, 0.3) is 133 Å². The summed E-state index contributed by atoms with van der Waals surface area (Å²) in [6.07, 6.45) is 5.75. The summed E-state index contributed by atoms with van der Waals surface area (Å²) >= 11 is 0. The molecular formula is C78H57N5O. The van der Waals surface area contributed by atoms with Crippen LogP contribution in [-0.2, 0) is 5.41 Å². The maximum Gasteiger partial charge on any atom is 0.269 e. The summed E-state index contributed by atoms with van der Waals surface area (Å²) in [6, 6.07) is 67.5. The van der Waals surface area contributed by atoms with E-state index in [1.54, 1.807) is 6.07 Å². The Kier molecular flexibility index (Phi) is 8.82. The van der Waals surface area contributed by atoms with Crippen LogP contribution in [0.1, 0.15) is 52.5 Å². The number of imidazole rings is 1. The van der Waals surface area contributed by atoms with Gasteiger partial charge in [0.05, 0.1) is 57.0 Å².